The summed E-state index contributed by atoms with van der Waals surface area (Å²) in [5, 5.41) is 4.19. The molecule has 3 heterocycles. The molecule has 5 aromatic rings. The molecule has 13 heteroatoms. The summed E-state index contributed by atoms with van der Waals surface area (Å²) < 4.78 is 67.5. The number of halogens is 3. The van der Waals surface area contributed by atoms with Crippen molar-refractivity contribution in [2.75, 3.05) is 48.2 Å². The van der Waals surface area contributed by atoms with Gasteiger partial charge in [-0.05, 0) is 80.2 Å². The fourth-order valence-electron chi connectivity index (χ4n) is 5.13. The van der Waals surface area contributed by atoms with Gasteiger partial charge in [0.25, 0.3) is 10.0 Å². The predicted octanol–water partition coefficient (Wildman–Crippen LogP) is 6.25. The molecule has 1 fully saturated rings. The number of hydrogen-bond donors (Lipinski definition) is 3. The summed E-state index contributed by atoms with van der Waals surface area (Å²) in [4.78, 5) is 17.0. The van der Waals surface area contributed by atoms with Crippen molar-refractivity contribution >= 4 is 43.9 Å². The Morgan fingerprint density at radius 2 is 1.59 bits per heavy atom. The molecule has 9 nitrogen and oxygen atoms in total. The molecule has 0 atom stereocenters. The summed E-state index contributed by atoms with van der Waals surface area (Å²) >= 11 is 0. The van der Waals surface area contributed by atoms with Crippen molar-refractivity contribution in [2.45, 2.75) is 18.0 Å². The van der Waals surface area contributed by atoms with Gasteiger partial charge in [-0.2, -0.15) is 13.2 Å². The molecule has 3 aromatic carbocycles. The quantitative estimate of drug-likeness (QED) is 0.197. The van der Waals surface area contributed by atoms with Crippen LogP contribution in [0, 0.1) is 6.92 Å². The van der Waals surface area contributed by atoms with Crippen LogP contribution < -0.4 is 14.9 Å². The summed E-state index contributed by atoms with van der Waals surface area (Å²) in [6, 6.07) is 18.4. The molecule has 44 heavy (non-hydrogen) atoms. The Labute approximate surface area is 252 Å². The highest BCUT2D eigenvalue weighted by atomic mass is 32.2. The van der Waals surface area contributed by atoms with Gasteiger partial charge in [-0.1, -0.05) is 12.1 Å². The first kappa shape index (κ1) is 29.5. The maximum atomic E-state index is 13.1. The number of alkyl halides is 3. The molecule has 1 aliphatic rings. The largest absolute Gasteiger partial charge is 0.416 e. The van der Waals surface area contributed by atoms with Crippen molar-refractivity contribution in [2.24, 2.45) is 0 Å². The smallest absolute Gasteiger partial charge is 0.369 e. The van der Waals surface area contributed by atoms with E-state index >= 15 is 0 Å². The Morgan fingerprint density at radius 1 is 0.886 bits per heavy atom. The van der Waals surface area contributed by atoms with Crippen LogP contribution in [0.25, 0.3) is 22.4 Å². The highest BCUT2D eigenvalue weighted by Crippen LogP contribution is 2.33. The minimum atomic E-state index is -4.57. The first-order chi connectivity index (χ1) is 21.0. The second kappa shape index (κ2) is 11.5. The second-order valence-corrected chi connectivity index (χ2v) is 12.4. The van der Waals surface area contributed by atoms with Gasteiger partial charge in [-0.25, -0.2) is 18.4 Å². The Morgan fingerprint density at radius 3 is 2.27 bits per heavy atom. The van der Waals surface area contributed by atoms with E-state index in [0.717, 1.165) is 67.2 Å². The van der Waals surface area contributed by atoms with E-state index in [1.165, 1.54) is 0 Å². The SMILES string of the molecule is Cc1c(NS(=O)(=O)c2ccc(C(F)(F)F)cc2)cccc1-c1nc(Nc2ccc(N3CCN(C)CC3)cc2)c2cc[nH]c2n1. The zero-order chi connectivity index (χ0) is 31.1. The van der Waals surface area contributed by atoms with E-state index in [4.69, 9.17) is 4.98 Å². The molecular weight excluding hydrogens is 591 g/mol. The van der Waals surface area contributed by atoms with E-state index in [2.05, 4.69) is 49.0 Å². The van der Waals surface area contributed by atoms with Crippen LogP contribution in [0.5, 0.6) is 0 Å². The van der Waals surface area contributed by atoms with E-state index in [-0.39, 0.29) is 10.6 Å². The van der Waals surface area contributed by atoms with Crippen molar-refractivity contribution in [3.05, 3.63) is 90.1 Å². The first-order valence-electron chi connectivity index (χ1n) is 13.9. The Bertz CT molecular complexity index is 1900. The average molecular weight is 622 g/mol. The van der Waals surface area contributed by atoms with Crippen molar-refractivity contribution in [3.8, 4) is 11.4 Å². The maximum Gasteiger partial charge on any atom is 0.416 e. The molecule has 228 valence electrons. The van der Waals surface area contributed by atoms with Gasteiger partial charge in [0.05, 0.1) is 21.5 Å². The fourth-order valence-corrected chi connectivity index (χ4v) is 6.25. The van der Waals surface area contributed by atoms with Crippen LogP contribution >= 0.6 is 0 Å². The van der Waals surface area contributed by atoms with Gasteiger partial charge in [0.2, 0.25) is 0 Å². The van der Waals surface area contributed by atoms with Crippen molar-refractivity contribution < 1.29 is 21.6 Å². The van der Waals surface area contributed by atoms with Crippen molar-refractivity contribution in [3.63, 3.8) is 0 Å². The van der Waals surface area contributed by atoms with Gasteiger partial charge in [0, 0.05) is 49.3 Å². The van der Waals surface area contributed by atoms with E-state index in [1.54, 1.807) is 31.3 Å². The molecule has 1 aliphatic heterocycles. The molecule has 3 N–H and O–H groups in total. The number of aromatic nitrogens is 3. The topological polar surface area (TPSA) is 106 Å². The number of hydrogen-bond acceptors (Lipinski definition) is 7. The lowest BCUT2D eigenvalue weighted by molar-refractivity contribution is -0.137. The standard InChI is InChI=1S/C31H30F3N7O2S/c1-20-25(4-3-5-27(20)39-44(42,43)24-12-6-21(7-13-24)31(32,33)34)29-37-28-26(14-15-35-28)30(38-29)36-22-8-10-23(11-9-22)41-18-16-40(2)17-19-41/h3-15,39H,16-19H2,1-2H3,(H2,35,36,37,38). The maximum absolute atomic E-state index is 13.1. The van der Waals surface area contributed by atoms with Crippen molar-refractivity contribution in [1.82, 2.24) is 19.9 Å². The number of H-pyrrole nitrogens is 1. The molecule has 0 unspecified atom stereocenters. The number of anilines is 4. The number of nitrogens with zero attached hydrogens (tertiary/aromatic N) is 4. The molecule has 0 aliphatic carbocycles. The van der Waals surface area contributed by atoms with Crippen LogP contribution in [-0.2, 0) is 16.2 Å². The third kappa shape index (κ3) is 6.06. The van der Waals surface area contributed by atoms with E-state index < -0.39 is 21.8 Å². The molecule has 0 saturated carbocycles. The third-order valence-electron chi connectivity index (χ3n) is 7.73. The van der Waals surface area contributed by atoms with E-state index in [9.17, 15) is 21.6 Å². The molecular formula is C31H30F3N7O2S. The van der Waals surface area contributed by atoms with Crippen LogP contribution in [0.4, 0.5) is 36.1 Å². The molecule has 6 rings (SSSR count). The third-order valence-corrected chi connectivity index (χ3v) is 9.11. The minimum absolute atomic E-state index is 0.256. The number of piperazine rings is 1. The number of nitrogens with one attached hydrogen (secondary N) is 3. The van der Waals surface area contributed by atoms with Crippen LogP contribution in [0.1, 0.15) is 11.1 Å². The molecule has 2 aromatic heterocycles. The lowest BCUT2D eigenvalue weighted by atomic mass is 10.1. The summed E-state index contributed by atoms with van der Waals surface area (Å²) in [7, 11) is -2.04. The average Bonchev–Trinajstić information content (AvgIpc) is 3.48. The van der Waals surface area contributed by atoms with Gasteiger partial charge >= 0.3 is 6.18 Å². The van der Waals surface area contributed by atoms with Crippen LogP contribution in [0.2, 0.25) is 0 Å². The highest BCUT2D eigenvalue weighted by Gasteiger charge is 2.30. The summed E-state index contributed by atoms with van der Waals surface area (Å²) in [5.41, 5.74) is 3.07. The fraction of sp³-hybridized carbons (Fsp3) is 0.226. The number of benzene rings is 3. The number of likely N-dealkylation sites (N-methyl/N-ethyl adjacent to an activating group) is 1. The van der Waals surface area contributed by atoms with E-state index in [0.29, 0.717) is 28.4 Å². The second-order valence-electron chi connectivity index (χ2n) is 10.7. The monoisotopic (exact) mass is 621 g/mol. The van der Waals surface area contributed by atoms with Crippen LogP contribution in [0.3, 0.4) is 0 Å². The predicted molar refractivity (Wildman–Crippen MR) is 166 cm³/mol. The minimum Gasteiger partial charge on any atom is -0.369 e. The van der Waals surface area contributed by atoms with Gasteiger partial charge < -0.3 is 20.1 Å². The van der Waals surface area contributed by atoms with Gasteiger partial charge in [-0.3, -0.25) is 4.72 Å². The first-order valence-corrected chi connectivity index (χ1v) is 15.4. The van der Waals surface area contributed by atoms with Gasteiger partial charge in [0.15, 0.2) is 5.82 Å². The summed E-state index contributed by atoms with van der Waals surface area (Å²) in [5.74, 6) is 0.943. The Kier molecular flexibility index (Phi) is 7.68. The summed E-state index contributed by atoms with van der Waals surface area (Å²) in [6.45, 7) is 5.72. The van der Waals surface area contributed by atoms with Crippen molar-refractivity contribution in [1.29, 1.82) is 0 Å². The zero-order valence-electron chi connectivity index (χ0n) is 24.0. The van der Waals surface area contributed by atoms with Gasteiger partial charge in [-0.15, -0.1) is 0 Å². The summed E-state index contributed by atoms with van der Waals surface area (Å²) in [6.07, 6.45) is -2.80. The molecule has 1 saturated heterocycles. The van der Waals surface area contributed by atoms with Crippen LogP contribution in [0.15, 0.2) is 83.9 Å². The number of fused-ring (bicyclic) bond motifs is 1. The Balaban J connectivity index is 1.27. The van der Waals surface area contributed by atoms with Gasteiger partial charge in [0.1, 0.15) is 11.5 Å². The number of sulfonamides is 1. The molecule has 0 spiro atoms. The lowest BCUT2D eigenvalue weighted by Crippen LogP contribution is -2.44. The number of aromatic amines is 1. The Hall–Kier alpha value is -4.62. The van der Waals surface area contributed by atoms with E-state index in [1.807, 2.05) is 18.2 Å². The normalized spacial score (nSPS) is 14.6. The molecule has 0 bridgehead atoms. The molecule has 0 amide bonds. The highest BCUT2D eigenvalue weighted by molar-refractivity contribution is 7.92. The lowest BCUT2D eigenvalue weighted by Gasteiger charge is -2.34. The number of rotatable bonds is 7. The zero-order valence-corrected chi connectivity index (χ0v) is 24.8. The van der Waals surface area contributed by atoms with Crippen LogP contribution in [-0.4, -0.2) is 61.5 Å². The molecule has 0 radical (unpaired) electrons.